The number of nitrogens with one attached hydrogen (secondary N) is 1. The highest BCUT2D eigenvalue weighted by molar-refractivity contribution is 6.04. The molecule has 6 nitrogen and oxygen atoms in total. The molecular formula is C16H22N4O2. The number of aromatic nitrogens is 2. The SMILES string of the molecule is CCCN(CCC)c1cc(C(=O)Nc2cc(C)on2)ccn1. The molecule has 2 heterocycles. The second-order valence-corrected chi connectivity index (χ2v) is 5.17. The molecule has 0 fully saturated rings. The van der Waals surface area contributed by atoms with Crippen LogP contribution in [0.15, 0.2) is 28.9 Å². The van der Waals surface area contributed by atoms with E-state index in [4.69, 9.17) is 4.52 Å². The van der Waals surface area contributed by atoms with E-state index in [1.165, 1.54) is 0 Å². The van der Waals surface area contributed by atoms with Crippen LogP contribution in [0.4, 0.5) is 11.6 Å². The molecule has 0 saturated carbocycles. The quantitative estimate of drug-likeness (QED) is 0.850. The van der Waals surface area contributed by atoms with E-state index in [9.17, 15) is 4.79 Å². The number of hydrogen-bond donors (Lipinski definition) is 1. The lowest BCUT2D eigenvalue weighted by atomic mass is 10.2. The van der Waals surface area contributed by atoms with E-state index >= 15 is 0 Å². The summed E-state index contributed by atoms with van der Waals surface area (Å²) in [6.07, 6.45) is 3.74. The number of aryl methyl sites for hydroxylation is 1. The van der Waals surface area contributed by atoms with Crippen LogP contribution in [0, 0.1) is 6.92 Å². The van der Waals surface area contributed by atoms with E-state index in [-0.39, 0.29) is 5.91 Å². The van der Waals surface area contributed by atoms with Crippen molar-refractivity contribution in [2.24, 2.45) is 0 Å². The highest BCUT2D eigenvalue weighted by Crippen LogP contribution is 2.15. The van der Waals surface area contributed by atoms with E-state index in [1.54, 1.807) is 25.3 Å². The van der Waals surface area contributed by atoms with Crippen molar-refractivity contribution in [1.29, 1.82) is 0 Å². The van der Waals surface area contributed by atoms with Crippen molar-refractivity contribution in [2.45, 2.75) is 33.6 Å². The molecule has 0 saturated heterocycles. The summed E-state index contributed by atoms with van der Waals surface area (Å²) in [5.41, 5.74) is 0.558. The van der Waals surface area contributed by atoms with Crippen molar-refractivity contribution in [3.8, 4) is 0 Å². The third-order valence-corrected chi connectivity index (χ3v) is 3.19. The zero-order chi connectivity index (χ0) is 15.9. The molecule has 1 N–H and O–H groups in total. The van der Waals surface area contributed by atoms with Gasteiger partial charge in [0.05, 0.1) is 0 Å². The second-order valence-electron chi connectivity index (χ2n) is 5.17. The summed E-state index contributed by atoms with van der Waals surface area (Å²) in [4.78, 5) is 18.8. The third-order valence-electron chi connectivity index (χ3n) is 3.19. The largest absolute Gasteiger partial charge is 0.360 e. The monoisotopic (exact) mass is 302 g/mol. The molecule has 0 radical (unpaired) electrons. The molecule has 0 unspecified atom stereocenters. The summed E-state index contributed by atoms with van der Waals surface area (Å²) >= 11 is 0. The molecule has 2 aromatic rings. The number of rotatable bonds is 7. The van der Waals surface area contributed by atoms with E-state index < -0.39 is 0 Å². The molecular weight excluding hydrogens is 280 g/mol. The fraction of sp³-hybridized carbons (Fsp3) is 0.438. The molecule has 118 valence electrons. The molecule has 0 aromatic carbocycles. The van der Waals surface area contributed by atoms with Crippen molar-refractivity contribution in [2.75, 3.05) is 23.3 Å². The zero-order valence-electron chi connectivity index (χ0n) is 13.3. The molecule has 0 aliphatic rings. The van der Waals surface area contributed by atoms with Gasteiger partial charge < -0.3 is 14.7 Å². The molecule has 2 rings (SSSR count). The predicted octanol–water partition coefficient (Wildman–Crippen LogP) is 3.26. The number of hydrogen-bond acceptors (Lipinski definition) is 5. The van der Waals surface area contributed by atoms with Gasteiger partial charge in [0, 0.05) is 30.9 Å². The van der Waals surface area contributed by atoms with Gasteiger partial charge in [0.25, 0.3) is 5.91 Å². The summed E-state index contributed by atoms with van der Waals surface area (Å²) < 4.78 is 4.94. The minimum Gasteiger partial charge on any atom is -0.360 e. The van der Waals surface area contributed by atoms with Crippen molar-refractivity contribution < 1.29 is 9.32 Å². The Bertz CT molecular complexity index is 618. The maximum absolute atomic E-state index is 12.3. The van der Waals surface area contributed by atoms with Crippen LogP contribution in [-0.4, -0.2) is 29.1 Å². The average Bonchev–Trinajstić information content (AvgIpc) is 2.92. The molecule has 0 atom stereocenters. The Labute approximate surface area is 130 Å². The highest BCUT2D eigenvalue weighted by Gasteiger charge is 2.12. The maximum Gasteiger partial charge on any atom is 0.257 e. The number of nitrogens with zero attached hydrogens (tertiary/aromatic N) is 3. The van der Waals surface area contributed by atoms with Gasteiger partial charge in [-0.2, -0.15) is 0 Å². The van der Waals surface area contributed by atoms with Crippen LogP contribution in [0.2, 0.25) is 0 Å². The number of pyridine rings is 1. The first-order valence-corrected chi connectivity index (χ1v) is 7.59. The van der Waals surface area contributed by atoms with Crippen molar-refractivity contribution in [1.82, 2.24) is 10.1 Å². The Kier molecular flexibility index (Phi) is 5.52. The van der Waals surface area contributed by atoms with E-state index in [1.807, 2.05) is 6.07 Å². The van der Waals surface area contributed by atoms with Crippen LogP contribution in [0.25, 0.3) is 0 Å². The first-order chi connectivity index (χ1) is 10.6. The lowest BCUT2D eigenvalue weighted by Crippen LogP contribution is -2.26. The van der Waals surface area contributed by atoms with Crippen LogP contribution in [0.5, 0.6) is 0 Å². The number of carbonyl (C=O) groups is 1. The van der Waals surface area contributed by atoms with Crippen LogP contribution in [0.1, 0.15) is 42.8 Å². The van der Waals surface area contributed by atoms with Gasteiger partial charge >= 0.3 is 0 Å². The first kappa shape index (κ1) is 16.0. The fourth-order valence-corrected chi connectivity index (χ4v) is 2.23. The van der Waals surface area contributed by atoms with Gasteiger partial charge in [-0.1, -0.05) is 19.0 Å². The highest BCUT2D eigenvalue weighted by atomic mass is 16.5. The van der Waals surface area contributed by atoms with Crippen LogP contribution >= 0.6 is 0 Å². The maximum atomic E-state index is 12.3. The van der Waals surface area contributed by atoms with Crippen molar-refractivity contribution in [3.05, 3.63) is 35.7 Å². The van der Waals surface area contributed by atoms with Gasteiger partial charge in [0.15, 0.2) is 5.82 Å². The van der Waals surface area contributed by atoms with Gasteiger partial charge in [-0.15, -0.1) is 0 Å². The summed E-state index contributed by atoms with van der Waals surface area (Å²) in [6, 6.07) is 5.19. The average molecular weight is 302 g/mol. The number of anilines is 2. The first-order valence-electron chi connectivity index (χ1n) is 7.59. The standard InChI is InChI=1S/C16H22N4O2/c1-4-8-20(9-5-2)15-11-13(6-7-17-15)16(21)18-14-10-12(3)22-19-14/h6-7,10-11H,4-5,8-9H2,1-3H3,(H,18,19,21). The Hall–Kier alpha value is -2.37. The lowest BCUT2D eigenvalue weighted by Gasteiger charge is -2.22. The van der Waals surface area contributed by atoms with Gasteiger partial charge in [-0.3, -0.25) is 4.79 Å². The minimum absolute atomic E-state index is 0.218. The molecule has 22 heavy (non-hydrogen) atoms. The van der Waals surface area contributed by atoms with E-state index in [0.29, 0.717) is 17.1 Å². The minimum atomic E-state index is -0.218. The van der Waals surface area contributed by atoms with Crippen LogP contribution in [0.3, 0.4) is 0 Å². The van der Waals surface area contributed by atoms with Crippen molar-refractivity contribution >= 4 is 17.5 Å². The van der Waals surface area contributed by atoms with Gasteiger partial charge in [-0.05, 0) is 31.9 Å². The summed E-state index contributed by atoms with van der Waals surface area (Å²) in [5, 5.41) is 6.48. The molecule has 0 aliphatic heterocycles. The van der Waals surface area contributed by atoms with Crippen LogP contribution in [-0.2, 0) is 0 Å². The van der Waals surface area contributed by atoms with E-state index in [2.05, 4.69) is 34.2 Å². The number of amides is 1. The van der Waals surface area contributed by atoms with Crippen molar-refractivity contribution in [3.63, 3.8) is 0 Å². The summed E-state index contributed by atoms with van der Waals surface area (Å²) in [5.74, 6) is 1.68. The van der Waals surface area contributed by atoms with Gasteiger partial charge in [-0.25, -0.2) is 4.98 Å². The molecule has 0 bridgehead atoms. The smallest absolute Gasteiger partial charge is 0.257 e. The predicted molar refractivity (Wildman–Crippen MR) is 86.2 cm³/mol. The second kappa shape index (κ2) is 7.59. The van der Waals surface area contributed by atoms with Gasteiger partial charge in [0.1, 0.15) is 11.6 Å². The Morgan fingerprint density at radius 2 is 2.00 bits per heavy atom. The van der Waals surface area contributed by atoms with E-state index in [0.717, 1.165) is 31.7 Å². The Morgan fingerprint density at radius 3 is 2.59 bits per heavy atom. The topological polar surface area (TPSA) is 71.3 Å². The van der Waals surface area contributed by atoms with Gasteiger partial charge in [0.2, 0.25) is 0 Å². The number of carbonyl (C=O) groups excluding carboxylic acids is 1. The summed E-state index contributed by atoms with van der Waals surface area (Å²) in [7, 11) is 0. The Balaban J connectivity index is 2.14. The Morgan fingerprint density at radius 1 is 1.27 bits per heavy atom. The van der Waals surface area contributed by atoms with Crippen LogP contribution < -0.4 is 10.2 Å². The lowest BCUT2D eigenvalue weighted by molar-refractivity contribution is 0.102. The molecule has 0 spiro atoms. The summed E-state index contributed by atoms with van der Waals surface area (Å²) in [6.45, 7) is 7.89. The molecule has 1 amide bonds. The normalized spacial score (nSPS) is 10.5. The molecule has 6 heteroatoms. The fourth-order valence-electron chi connectivity index (χ4n) is 2.23. The molecule has 2 aromatic heterocycles. The molecule has 0 aliphatic carbocycles. The third kappa shape index (κ3) is 4.07. The zero-order valence-corrected chi connectivity index (χ0v) is 13.3.